The third kappa shape index (κ3) is 1.61. The lowest BCUT2D eigenvalue weighted by Crippen LogP contribution is -2.24. The maximum Gasteiger partial charge on any atom is 0.296 e. The van der Waals surface area contributed by atoms with E-state index in [-0.39, 0.29) is 12.2 Å². The van der Waals surface area contributed by atoms with Gasteiger partial charge in [0.25, 0.3) is 6.43 Å². The maximum atomic E-state index is 11.8. The number of Topliss-reactive ketones (excluding diaryl/α,β-unsaturated/α-hetero) is 2. The molecule has 4 heteroatoms. The summed E-state index contributed by atoms with van der Waals surface area (Å²) in [4.78, 5) is 21.4. The molecule has 1 fully saturated rings. The predicted molar refractivity (Wildman–Crippen MR) is 33.4 cm³/mol. The molecule has 0 amide bonds. The molecule has 0 saturated heterocycles. The molecular weight excluding hydrogens is 154 g/mol. The molecule has 0 aromatic heterocycles. The lowest BCUT2D eigenvalue weighted by Gasteiger charge is -2.03. The van der Waals surface area contributed by atoms with Crippen molar-refractivity contribution in [2.75, 3.05) is 0 Å². The molecule has 1 rings (SSSR count). The number of carbonyl (C=O) groups is 2. The maximum absolute atomic E-state index is 11.8. The zero-order valence-electron chi connectivity index (χ0n) is 5.85. The fraction of sp³-hybridized carbons (Fsp3) is 0.714. The molecule has 1 atom stereocenters. The summed E-state index contributed by atoms with van der Waals surface area (Å²) in [5.74, 6) is -2.53. The Morgan fingerprint density at radius 2 is 2.18 bits per heavy atom. The minimum Gasteiger partial charge on any atom is -0.299 e. The van der Waals surface area contributed by atoms with E-state index in [4.69, 9.17) is 0 Å². The first-order valence-corrected chi connectivity index (χ1v) is 3.47. The molecule has 1 aliphatic carbocycles. The van der Waals surface area contributed by atoms with Crippen molar-refractivity contribution in [2.24, 2.45) is 5.92 Å². The van der Waals surface area contributed by atoms with Crippen LogP contribution in [0.25, 0.3) is 0 Å². The highest BCUT2D eigenvalue weighted by atomic mass is 19.3. The van der Waals surface area contributed by atoms with Gasteiger partial charge in [-0.3, -0.25) is 9.59 Å². The molecule has 0 aliphatic heterocycles. The van der Waals surface area contributed by atoms with E-state index in [2.05, 4.69) is 0 Å². The van der Waals surface area contributed by atoms with Gasteiger partial charge in [-0.2, -0.15) is 0 Å². The van der Waals surface area contributed by atoms with Gasteiger partial charge in [0.15, 0.2) is 0 Å². The van der Waals surface area contributed by atoms with Crippen LogP contribution in [0, 0.1) is 5.92 Å². The molecule has 0 aromatic rings. The average molecular weight is 162 g/mol. The number of ketones is 2. The second kappa shape index (κ2) is 3.07. The Kier molecular flexibility index (Phi) is 2.31. The average Bonchev–Trinajstić information content (AvgIpc) is 2.33. The first kappa shape index (κ1) is 8.30. The van der Waals surface area contributed by atoms with Crippen LogP contribution < -0.4 is 0 Å². The Labute approximate surface area is 62.6 Å². The van der Waals surface area contributed by atoms with E-state index in [0.29, 0.717) is 12.8 Å². The third-order valence-electron chi connectivity index (χ3n) is 1.86. The molecule has 0 spiro atoms. The summed E-state index contributed by atoms with van der Waals surface area (Å²) in [7, 11) is 0. The summed E-state index contributed by atoms with van der Waals surface area (Å²) < 4.78 is 23.5. The van der Waals surface area contributed by atoms with E-state index >= 15 is 0 Å². The van der Waals surface area contributed by atoms with Gasteiger partial charge in [0.1, 0.15) is 5.78 Å². The van der Waals surface area contributed by atoms with Crippen LogP contribution in [0.15, 0.2) is 0 Å². The lowest BCUT2D eigenvalue weighted by atomic mass is 10.0. The minimum absolute atomic E-state index is 0.281. The van der Waals surface area contributed by atoms with Gasteiger partial charge in [0.05, 0.1) is 5.92 Å². The van der Waals surface area contributed by atoms with Gasteiger partial charge in [0, 0.05) is 6.42 Å². The van der Waals surface area contributed by atoms with Crippen molar-refractivity contribution < 1.29 is 18.4 Å². The largest absolute Gasteiger partial charge is 0.299 e. The number of halogens is 2. The highest BCUT2D eigenvalue weighted by Gasteiger charge is 2.35. The van der Waals surface area contributed by atoms with Crippen LogP contribution >= 0.6 is 0 Å². The summed E-state index contributed by atoms with van der Waals surface area (Å²) in [6, 6.07) is 0. The van der Waals surface area contributed by atoms with Crippen molar-refractivity contribution in [1.82, 2.24) is 0 Å². The topological polar surface area (TPSA) is 34.1 Å². The van der Waals surface area contributed by atoms with Gasteiger partial charge in [-0.15, -0.1) is 0 Å². The van der Waals surface area contributed by atoms with Gasteiger partial charge in [0.2, 0.25) is 5.78 Å². The van der Waals surface area contributed by atoms with Crippen LogP contribution in [0.2, 0.25) is 0 Å². The molecule has 0 heterocycles. The Bertz CT molecular complexity index is 189. The summed E-state index contributed by atoms with van der Waals surface area (Å²) in [5.41, 5.74) is 0. The van der Waals surface area contributed by atoms with Crippen LogP contribution in [-0.4, -0.2) is 18.0 Å². The molecule has 62 valence electrons. The molecule has 1 unspecified atom stereocenters. The monoisotopic (exact) mass is 162 g/mol. The first-order chi connectivity index (χ1) is 5.13. The fourth-order valence-electron chi connectivity index (χ4n) is 1.27. The highest BCUT2D eigenvalue weighted by molar-refractivity contribution is 6.04. The Morgan fingerprint density at radius 1 is 1.55 bits per heavy atom. The zero-order chi connectivity index (χ0) is 8.43. The van der Waals surface area contributed by atoms with Crippen molar-refractivity contribution >= 4 is 11.6 Å². The molecule has 0 aromatic carbocycles. The van der Waals surface area contributed by atoms with Crippen LogP contribution in [0.3, 0.4) is 0 Å². The second-order valence-electron chi connectivity index (χ2n) is 2.61. The lowest BCUT2D eigenvalue weighted by molar-refractivity contribution is -0.138. The van der Waals surface area contributed by atoms with Crippen molar-refractivity contribution in [3.8, 4) is 0 Å². The van der Waals surface area contributed by atoms with E-state index in [1.54, 1.807) is 0 Å². The summed E-state index contributed by atoms with van der Waals surface area (Å²) >= 11 is 0. The SMILES string of the molecule is O=C1CCCC1C(=O)C(F)F. The third-order valence-corrected chi connectivity index (χ3v) is 1.86. The van der Waals surface area contributed by atoms with Gasteiger partial charge < -0.3 is 0 Å². The minimum atomic E-state index is -2.98. The van der Waals surface area contributed by atoms with Crippen LogP contribution in [-0.2, 0) is 9.59 Å². The van der Waals surface area contributed by atoms with Gasteiger partial charge >= 0.3 is 0 Å². The zero-order valence-corrected chi connectivity index (χ0v) is 5.85. The highest BCUT2D eigenvalue weighted by Crippen LogP contribution is 2.24. The van der Waals surface area contributed by atoms with Crippen molar-refractivity contribution in [3.05, 3.63) is 0 Å². The molecule has 0 radical (unpaired) electrons. The first-order valence-electron chi connectivity index (χ1n) is 3.47. The molecule has 0 N–H and O–H groups in total. The summed E-state index contributed by atoms with van der Waals surface area (Å²) in [6.45, 7) is 0. The van der Waals surface area contributed by atoms with Gasteiger partial charge in [-0.05, 0) is 12.8 Å². The van der Waals surface area contributed by atoms with Crippen LogP contribution in [0.4, 0.5) is 8.78 Å². The van der Waals surface area contributed by atoms with E-state index in [9.17, 15) is 18.4 Å². The number of hydrogen-bond acceptors (Lipinski definition) is 2. The van der Waals surface area contributed by atoms with E-state index < -0.39 is 18.1 Å². The number of rotatable bonds is 2. The van der Waals surface area contributed by atoms with Crippen molar-refractivity contribution in [3.63, 3.8) is 0 Å². The van der Waals surface area contributed by atoms with Crippen molar-refractivity contribution in [1.29, 1.82) is 0 Å². The standard InChI is InChI=1S/C7H8F2O2/c8-7(9)6(11)4-2-1-3-5(4)10/h4,7H,1-3H2. The summed E-state index contributed by atoms with van der Waals surface area (Å²) in [6.07, 6.45) is -1.82. The second-order valence-corrected chi connectivity index (χ2v) is 2.61. The molecule has 2 nitrogen and oxygen atoms in total. The van der Waals surface area contributed by atoms with Gasteiger partial charge in [-0.1, -0.05) is 0 Å². The van der Waals surface area contributed by atoms with E-state index in [1.807, 2.05) is 0 Å². The quantitative estimate of drug-likeness (QED) is 0.571. The molecule has 1 saturated carbocycles. The number of alkyl halides is 2. The Morgan fingerprint density at radius 3 is 2.55 bits per heavy atom. The van der Waals surface area contributed by atoms with Crippen LogP contribution in [0.5, 0.6) is 0 Å². The number of carbonyl (C=O) groups excluding carboxylic acids is 2. The fourth-order valence-corrected chi connectivity index (χ4v) is 1.27. The van der Waals surface area contributed by atoms with Crippen molar-refractivity contribution in [2.45, 2.75) is 25.7 Å². The molecular formula is C7H8F2O2. The smallest absolute Gasteiger partial charge is 0.296 e. The molecule has 1 aliphatic rings. The summed E-state index contributed by atoms with van der Waals surface area (Å²) in [5, 5.41) is 0. The predicted octanol–water partition coefficient (Wildman–Crippen LogP) is 1.19. The molecule has 11 heavy (non-hydrogen) atoms. The van der Waals surface area contributed by atoms with E-state index in [1.165, 1.54) is 0 Å². The van der Waals surface area contributed by atoms with Gasteiger partial charge in [-0.25, -0.2) is 8.78 Å². The Balaban J connectivity index is 2.60. The van der Waals surface area contributed by atoms with E-state index in [0.717, 1.165) is 0 Å². The molecule has 0 bridgehead atoms. The number of hydrogen-bond donors (Lipinski definition) is 0. The normalized spacial score (nSPS) is 24.6. The van der Waals surface area contributed by atoms with Crippen LogP contribution in [0.1, 0.15) is 19.3 Å². The Hall–Kier alpha value is -0.800.